The average molecular weight is 212 g/mol. The van der Waals surface area contributed by atoms with Gasteiger partial charge < -0.3 is 14.5 Å². The lowest BCUT2D eigenvalue weighted by Crippen LogP contribution is -2.22. The topological polar surface area (TPSA) is 47.3 Å². The number of nitrogens with zero attached hydrogens (tertiary/aromatic N) is 1. The Bertz CT molecular complexity index is 255. The molecule has 0 aromatic carbocycles. The third-order valence-corrected chi connectivity index (χ3v) is 1.95. The molecule has 4 nitrogen and oxygen atoms in total. The van der Waals surface area contributed by atoms with Crippen LogP contribution in [0, 0.1) is 0 Å². The van der Waals surface area contributed by atoms with E-state index < -0.39 is 0 Å². The second kappa shape index (κ2) is 5.88. The zero-order valence-electron chi connectivity index (χ0n) is 9.91. The Morgan fingerprint density at radius 1 is 1.40 bits per heavy atom. The summed E-state index contributed by atoms with van der Waals surface area (Å²) in [7, 11) is 0. The monoisotopic (exact) mass is 212 g/mol. The maximum Gasteiger partial charge on any atom is 0.181 e. The maximum atomic E-state index is 5.47. The largest absolute Gasteiger partial charge is 0.446 e. The molecule has 0 saturated carbocycles. The fraction of sp³-hybridized carbons (Fsp3) is 0.727. The molecule has 0 amide bonds. The summed E-state index contributed by atoms with van der Waals surface area (Å²) in [5, 5.41) is 3.30. The van der Waals surface area contributed by atoms with Crippen molar-refractivity contribution < 1.29 is 9.15 Å². The number of rotatable bonds is 6. The van der Waals surface area contributed by atoms with Crippen molar-refractivity contribution in [2.24, 2.45) is 0 Å². The van der Waals surface area contributed by atoms with Gasteiger partial charge in [0.15, 0.2) is 12.2 Å². The Hall–Kier alpha value is -0.870. The van der Waals surface area contributed by atoms with E-state index in [2.05, 4.69) is 24.1 Å². The van der Waals surface area contributed by atoms with Gasteiger partial charge >= 0.3 is 0 Å². The molecule has 0 atom stereocenters. The molecule has 4 heteroatoms. The van der Waals surface area contributed by atoms with Crippen LogP contribution in [0.4, 0.5) is 0 Å². The minimum Gasteiger partial charge on any atom is -0.446 e. The van der Waals surface area contributed by atoms with Crippen LogP contribution >= 0.6 is 0 Å². The van der Waals surface area contributed by atoms with E-state index in [9.17, 15) is 0 Å². The summed E-state index contributed by atoms with van der Waals surface area (Å²) in [6.45, 7) is 9.43. The van der Waals surface area contributed by atoms with E-state index in [4.69, 9.17) is 9.15 Å². The van der Waals surface area contributed by atoms with Crippen molar-refractivity contribution in [2.75, 3.05) is 0 Å². The van der Waals surface area contributed by atoms with E-state index in [0.717, 1.165) is 18.0 Å². The summed E-state index contributed by atoms with van der Waals surface area (Å²) in [5.41, 5.74) is 0.935. The zero-order chi connectivity index (χ0) is 11.3. The normalized spacial score (nSPS) is 11.6. The smallest absolute Gasteiger partial charge is 0.181 e. The van der Waals surface area contributed by atoms with Crippen LogP contribution in [0.2, 0.25) is 0 Å². The fourth-order valence-corrected chi connectivity index (χ4v) is 1.10. The van der Waals surface area contributed by atoms with E-state index >= 15 is 0 Å². The van der Waals surface area contributed by atoms with E-state index in [0.29, 0.717) is 12.6 Å². The molecule has 15 heavy (non-hydrogen) atoms. The molecule has 0 bridgehead atoms. The Morgan fingerprint density at radius 3 is 2.73 bits per heavy atom. The van der Waals surface area contributed by atoms with Gasteiger partial charge in [-0.2, -0.15) is 0 Å². The lowest BCUT2D eigenvalue weighted by Gasteiger charge is -2.08. The van der Waals surface area contributed by atoms with Crippen molar-refractivity contribution in [1.29, 1.82) is 0 Å². The summed E-state index contributed by atoms with van der Waals surface area (Å²) >= 11 is 0. The summed E-state index contributed by atoms with van der Waals surface area (Å²) in [6, 6.07) is 0.445. The first kappa shape index (κ1) is 12.2. The van der Waals surface area contributed by atoms with Crippen LogP contribution in [-0.2, 0) is 17.9 Å². The fourth-order valence-electron chi connectivity index (χ4n) is 1.10. The molecule has 0 spiro atoms. The lowest BCUT2D eigenvalue weighted by atomic mass is 10.3. The Balaban J connectivity index is 2.46. The lowest BCUT2D eigenvalue weighted by molar-refractivity contribution is 0.0538. The molecule has 1 aromatic rings. The molecule has 1 N–H and O–H groups in total. The van der Waals surface area contributed by atoms with E-state index in [-0.39, 0.29) is 6.10 Å². The van der Waals surface area contributed by atoms with E-state index in [1.54, 1.807) is 0 Å². The van der Waals surface area contributed by atoms with Gasteiger partial charge in [0.25, 0.3) is 0 Å². The number of hydrogen-bond acceptors (Lipinski definition) is 4. The molecular weight excluding hydrogens is 192 g/mol. The van der Waals surface area contributed by atoms with Crippen LogP contribution in [0.15, 0.2) is 10.8 Å². The van der Waals surface area contributed by atoms with Gasteiger partial charge in [-0.15, -0.1) is 0 Å². The van der Waals surface area contributed by atoms with Gasteiger partial charge in [0.2, 0.25) is 0 Å². The maximum absolute atomic E-state index is 5.47. The first-order chi connectivity index (χ1) is 7.09. The van der Waals surface area contributed by atoms with Gasteiger partial charge in [-0.3, -0.25) is 0 Å². The average Bonchev–Trinajstić information content (AvgIpc) is 2.58. The minimum atomic E-state index is 0.209. The molecule has 0 fully saturated rings. The number of ether oxygens (including phenoxy) is 1. The third kappa shape index (κ3) is 4.44. The van der Waals surface area contributed by atoms with Crippen molar-refractivity contribution in [2.45, 2.75) is 53.0 Å². The number of hydrogen-bond donors (Lipinski definition) is 1. The standard InChI is InChI=1S/C11H20N2O2/c1-8(2)12-5-10-11(15-7-13-10)6-14-9(3)4/h7-9,12H,5-6H2,1-4H3. The molecule has 0 aliphatic heterocycles. The van der Waals surface area contributed by atoms with Crippen LogP contribution in [0.3, 0.4) is 0 Å². The Morgan fingerprint density at radius 2 is 2.13 bits per heavy atom. The molecule has 0 radical (unpaired) electrons. The first-order valence-electron chi connectivity index (χ1n) is 5.35. The summed E-state index contributed by atoms with van der Waals surface area (Å²) in [6.07, 6.45) is 1.68. The highest BCUT2D eigenvalue weighted by Gasteiger charge is 2.09. The van der Waals surface area contributed by atoms with Crippen LogP contribution in [0.25, 0.3) is 0 Å². The molecule has 1 heterocycles. The third-order valence-electron chi connectivity index (χ3n) is 1.95. The number of nitrogens with one attached hydrogen (secondary N) is 1. The highest BCUT2D eigenvalue weighted by Crippen LogP contribution is 2.09. The number of oxazole rings is 1. The predicted octanol–water partition coefficient (Wildman–Crippen LogP) is 2.10. The van der Waals surface area contributed by atoms with Gasteiger partial charge in [-0.1, -0.05) is 13.8 Å². The Labute approximate surface area is 91.0 Å². The summed E-state index contributed by atoms with van der Waals surface area (Å²) in [5.74, 6) is 0.817. The van der Waals surface area contributed by atoms with Crippen molar-refractivity contribution in [3.05, 3.63) is 17.8 Å². The van der Waals surface area contributed by atoms with Gasteiger partial charge in [-0.05, 0) is 13.8 Å². The van der Waals surface area contributed by atoms with Gasteiger partial charge in [0, 0.05) is 12.6 Å². The summed E-state index contributed by atoms with van der Waals surface area (Å²) in [4.78, 5) is 4.16. The highest BCUT2D eigenvalue weighted by molar-refractivity contribution is 5.05. The second-order valence-corrected chi connectivity index (χ2v) is 4.12. The number of aromatic nitrogens is 1. The zero-order valence-corrected chi connectivity index (χ0v) is 9.91. The predicted molar refractivity (Wildman–Crippen MR) is 58.4 cm³/mol. The molecule has 0 unspecified atom stereocenters. The Kier molecular flexibility index (Phi) is 4.78. The summed E-state index contributed by atoms with van der Waals surface area (Å²) < 4.78 is 10.7. The van der Waals surface area contributed by atoms with Crippen LogP contribution in [0.5, 0.6) is 0 Å². The molecular formula is C11H20N2O2. The second-order valence-electron chi connectivity index (χ2n) is 4.12. The van der Waals surface area contributed by atoms with E-state index in [1.165, 1.54) is 6.39 Å². The van der Waals surface area contributed by atoms with Gasteiger partial charge in [-0.25, -0.2) is 4.98 Å². The molecule has 0 aliphatic carbocycles. The van der Waals surface area contributed by atoms with Crippen molar-refractivity contribution in [3.63, 3.8) is 0 Å². The van der Waals surface area contributed by atoms with Crippen molar-refractivity contribution in [1.82, 2.24) is 10.3 Å². The SMILES string of the molecule is CC(C)NCc1ncoc1COC(C)C. The van der Waals surface area contributed by atoms with Crippen molar-refractivity contribution >= 4 is 0 Å². The minimum absolute atomic E-state index is 0.209. The first-order valence-corrected chi connectivity index (χ1v) is 5.35. The van der Waals surface area contributed by atoms with Gasteiger partial charge in [0.1, 0.15) is 6.61 Å². The van der Waals surface area contributed by atoms with Crippen LogP contribution < -0.4 is 5.32 Å². The van der Waals surface area contributed by atoms with Crippen LogP contribution in [0.1, 0.15) is 39.1 Å². The molecule has 1 aromatic heterocycles. The molecule has 0 aliphatic rings. The highest BCUT2D eigenvalue weighted by atomic mass is 16.5. The van der Waals surface area contributed by atoms with Gasteiger partial charge in [0.05, 0.1) is 11.8 Å². The molecule has 86 valence electrons. The van der Waals surface area contributed by atoms with Crippen LogP contribution in [-0.4, -0.2) is 17.1 Å². The molecule has 1 rings (SSSR count). The quantitative estimate of drug-likeness (QED) is 0.784. The molecule has 0 saturated heterocycles. The van der Waals surface area contributed by atoms with Crippen molar-refractivity contribution in [3.8, 4) is 0 Å². The van der Waals surface area contributed by atoms with E-state index in [1.807, 2.05) is 13.8 Å².